The van der Waals surface area contributed by atoms with Crippen LogP contribution < -0.4 is 0 Å². The lowest BCUT2D eigenvalue weighted by atomic mass is 10.1. The Labute approximate surface area is 95.6 Å². The number of ether oxygens (including phenoxy) is 1. The maximum Gasteiger partial charge on any atom is 0.121 e. The molecule has 3 unspecified atom stereocenters. The maximum atomic E-state index is 10.1. The first-order valence-electron chi connectivity index (χ1n) is 5.92. The fourth-order valence-electron chi connectivity index (χ4n) is 2.50. The average Bonchev–Trinajstić information content (AvgIpc) is 2.95. The normalized spacial score (nSPS) is 29.4. The number of hydrogen-bond donors (Lipinski definition) is 1. The summed E-state index contributed by atoms with van der Waals surface area (Å²) in [6, 6.07) is 10.4. The van der Waals surface area contributed by atoms with Crippen molar-refractivity contribution in [2.75, 3.05) is 6.61 Å². The van der Waals surface area contributed by atoms with E-state index in [0.717, 1.165) is 25.2 Å². The molecule has 0 spiro atoms. The quantitative estimate of drug-likeness (QED) is 0.841. The molecule has 2 heteroatoms. The van der Waals surface area contributed by atoms with Gasteiger partial charge in [0.2, 0.25) is 0 Å². The van der Waals surface area contributed by atoms with Crippen molar-refractivity contribution in [3.63, 3.8) is 0 Å². The van der Waals surface area contributed by atoms with Crippen molar-refractivity contribution in [1.82, 2.24) is 0 Å². The summed E-state index contributed by atoms with van der Waals surface area (Å²) >= 11 is 0. The molecule has 1 fully saturated rings. The first kappa shape index (κ1) is 9.91. The highest BCUT2D eigenvalue weighted by molar-refractivity contribution is 5.28. The molecule has 1 aromatic rings. The summed E-state index contributed by atoms with van der Waals surface area (Å²) in [7, 11) is 0. The zero-order valence-corrected chi connectivity index (χ0v) is 9.17. The van der Waals surface area contributed by atoms with Gasteiger partial charge < -0.3 is 9.84 Å². The van der Waals surface area contributed by atoms with Crippen LogP contribution in [-0.4, -0.2) is 17.8 Å². The van der Waals surface area contributed by atoms with Gasteiger partial charge in [0, 0.05) is 6.42 Å². The molecule has 0 aromatic heterocycles. The van der Waals surface area contributed by atoms with E-state index in [1.54, 1.807) is 0 Å². The minimum atomic E-state index is -0.396. The van der Waals surface area contributed by atoms with Crippen molar-refractivity contribution in [2.45, 2.75) is 24.9 Å². The van der Waals surface area contributed by atoms with Crippen molar-refractivity contribution < 1.29 is 9.84 Å². The van der Waals surface area contributed by atoms with E-state index >= 15 is 0 Å². The van der Waals surface area contributed by atoms with E-state index in [4.69, 9.17) is 4.74 Å². The van der Waals surface area contributed by atoms with Gasteiger partial charge in [0.25, 0.3) is 0 Å². The van der Waals surface area contributed by atoms with Crippen LogP contribution >= 0.6 is 0 Å². The van der Waals surface area contributed by atoms with Gasteiger partial charge in [-0.15, -0.1) is 0 Å². The van der Waals surface area contributed by atoms with Crippen LogP contribution in [0.15, 0.2) is 42.2 Å². The second-order valence-electron chi connectivity index (χ2n) is 4.61. The predicted molar refractivity (Wildman–Crippen MR) is 61.9 cm³/mol. The molecule has 0 radical (unpaired) electrons. The van der Waals surface area contributed by atoms with E-state index in [0.29, 0.717) is 11.8 Å². The van der Waals surface area contributed by atoms with Crippen LogP contribution in [0.4, 0.5) is 0 Å². The molecule has 2 aliphatic rings. The molecule has 1 aromatic carbocycles. The number of aliphatic hydroxyl groups excluding tert-OH is 1. The molecule has 0 saturated heterocycles. The lowest BCUT2D eigenvalue weighted by Crippen LogP contribution is -2.14. The minimum Gasteiger partial charge on any atom is -0.495 e. The molecule has 1 heterocycles. The smallest absolute Gasteiger partial charge is 0.121 e. The zero-order chi connectivity index (χ0) is 11.0. The molecule has 1 aliphatic heterocycles. The third kappa shape index (κ3) is 1.74. The Hall–Kier alpha value is -1.28. The highest BCUT2D eigenvalue weighted by Gasteiger charge is 2.45. The lowest BCUT2D eigenvalue weighted by Gasteiger charge is -2.11. The summed E-state index contributed by atoms with van der Waals surface area (Å²) in [5.41, 5.74) is 1.34. The molecule has 1 saturated carbocycles. The molecule has 84 valence electrons. The zero-order valence-electron chi connectivity index (χ0n) is 9.17. The molecule has 16 heavy (non-hydrogen) atoms. The number of rotatable bonds is 3. The number of benzene rings is 1. The van der Waals surface area contributed by atoms with Gasteiger partial charge in [-0.25, -0.2) is 0 Å². The van der Waals surface area contributed by atoms with E-state index in [1.165, 1.54) is 5.56 Å². The van der Waals surface area contributed by atoms with E-state index in [2.05, 4.69) is 24.3 Å². The van der Waals surface area contributed by atoms with Gasteiger partial charge in [-0.1, -0.05) is 30.3 Å². The van der Waals surface area contributed by atoms with Gasteiger partial charge in [0.05, 0.1) is 6.61 Å². The van der Waals surface area contributed by atoms with Crippen molar-refractivity contribution in [3.05, 3.63) is 47.7 Å². The third-order valence-electron chi connectivity index (χ3n) is 3.50. The maximum absolute atomic E-state index is 10.1. The Kier molecular flexibility index (Phi) is 2.44. The van der Waals surface area contributed by atoms with Gasteiger partial charge >= 0.3 is 0 Å². The van der Waals surface area contributed by atoms with Crippen molar-refractivity contribution in [1.29, 1.82) is 0 Å². The first-order valence-corrected chi connectivity index (χ1v) is 5.92. The summed E-state index contributed by atoms with van der Waals surface area (Å²) in [6.45, 7) is 0.731. The Bertz CT molecular complexity index is 396. The van der Waals surface area contributed by atoms with Crippen molar-refractivity contribution in [3.8, 4) is 0 Å². The van der Waals surface area contributed by atoms with Crippen LogP contribution in [0.2, 0.25) is 0 Å². The summed E-state index contributed by atoms with van der Waals surface area (Å²) in [6.07, 6.45) is 3.64. The van der Waals surface area contributed by atoms with E-state index in [1.807, 2.05) is 12.1 Å². The van der Waals surface area contributed by atoms with Gasteiger partial charge in [-0.05, 0) is 29.9 Å². The van der Waals surface area contributed by atoms with Crippen LogP contribution in [0.5, 0.6) is 0 Å². The average molecular weight is 216 g/mol. The monoisotopic (exact) mass is 216 g/mol. The van der Waals surface area contributed by atoms with Gasteiger partial charge in [-0.2, -0.15) is 0 Å². The molecule has 1 aliphatic carbocycles. The van der Waals surface area contributed by atoms with Crippen LogP contribution in [0.1, 0.15) is 24.3 Å². The molecule has 3 atom stereocenters. The number of aliphatic hydroxyl groups is 1. The standard InChI is InChI=1S/C14H16O2/c15-14(13-7-4-8-16-13)12-9-11(12)10-5-2-1-3-6-10/h1-3,5-7,11-12,14-15H,4,8-9H2. The first-order chi connectivity index (χ1) is 7.86. The lowest BCUT2D eigenvalue weighted by molar-refractivity contribution is 0.101. The van der Waals surface area contributed by atoms with Crippen LogP contribution in [0.25, 0.3) is 0 Å². The Morgan fingerprint density at radius 1 is 1.25 bits per heavy atom. The molecule has 2 nitrogen and oxygen atoms in total. The largest absolute Gasteiger partial charge is 0.495 e. The van der Waals surface area contributed by atoms with Crippen LogP contribution in [0.3, 0.4) is 0 Å². The van der Waals surface area contributed by atoms with Crippen molar-refractivity contribution in [2.24, 2.45) is 5.92 Å². The van der Waals surface area contributed by atoms with Gasteiger partial charge in [0.15, 0.2) is 0 Å². The van der Waals surface area contributed by atoms with E-state index in [-0.39, 0.29) is 0 Å². The van der Waals surface area contributed by atoms with Crippen LogP contribution in [-0.2, 0) is 4.74 Å². The Morgan fingerprint density at radius 3 is 2.75 bits per heavy atom. The van der Waals surface area contributed by atoms with Crippen LogP contribution in [0, 0.1) is 5.92 Å². The second kappa shape index (κ2) is 3.95. The van der Waals surface area contributed by atoms with Gasteiger partial charge in [0.1, 0.15) is 11.9 Å². The predicted octanol–water partition coefficient (Wildman–Crippen LogP) is 2.46. The van der Waals surface area contributed by atoms with Crippen molar-refractivity contribution >= 4 is 0 Å². The van der Waals surface area contributed by atoms with E-state index in [9.17, 15) is 5.11 Å². The third-order valence-corrected chi connectivity index (χ3v) is 3.50. The number of hydrogen-bond acceptors (Lipinski definition) is 2. The topological polar surface area (TPSA) is 29.5 Å². The highest BCUT2D eigenvalue weighted by Crippen LogP contribution is 2.51. The summed E-state index contributed by atoms with van der Waals surface area (Å²) in [5, 5.41) is 10.1. The fraction of sp³-hybridized carbons (Fsp3) is 0.429. The fourth-order valence-corrected chi connectivity index (χ4v) is 2.50. The van der Waals surface area contributed by atoms with E-state index < -0.39 is 6.10 Å². The van der Waals surface area contributed by atoms with Gasteiger partial charge in [-0.3, -0.25) is 0 Å². The Balaban J connectivity index is 1.67. The second-order valence-corrected chi connectivity index (χ2v) is 4.61. The molecule has 0 bridgehead atoms. The molecular formula is C14H16O2. The summed E-state index contributed by atoms with van der Waals surface area (Å²) in [4.78, 5) is 0. The molecule has 1 N–H and O–H groups in total. The SMILES string of the molecule is OC(C1=CCCO1)C1CC1c1ccccc1. The molecule has 0 amide bonds. The summed E-state index contributed by atoms with van der Waals surface area (Å²) < 4.78 is 5.41. The summed E-state index contributed by atoms with van der Waals surface area (Å²) in [5.74, 6) is 1.66. The molecular weight excluding hydrogens is 200 g/mol. The highest BCUT2D eigenvalue weighted by atomic mass is 16.5. The molecule has 3 rings (SSSR count). The minimum absolute atomic E-state index is 0.353. The Morgan fingerprint density at radius 2 is 2.06 bits per heavy atom.